The maximum absolute atomic E-state index is 11.2. The summed E-state index contributed by atoms with van der Waals surface area (Å²) >= 11 is 0. The molecule has 6 heteroatoms. The van der Waals surface area contributed by atoms with Crippen molar-refractivity contribution in [3.8, 4) is 0 Å². The largest absolute Gasteiger partial charge is 0.469 e. The van der Waals surface area contributed by atoms with Crippen LogP contribution in [0.4, 0.5) is 0 Å². The molecule has 0 aliphatic carbocycles. The average molecular weight is 262 g/mol. The molecule has 0 aliphatic heterocycles. The van der Waals surface area contributed by atoms with Gasteiger partial charge >= 0.3 is 11.9 Å². The van der Waals surface area contributed by atoms with Gasteiger partial charge < -0.3 is 18.9 Å². The van der Waals surface area contributed by atoms with E-state index in [0.717, 1.165) is 0 Å². The fraction of sp³-hybridized carbons (Fsp3) is 0.833. The highest BCUT2D eigenvalue weighted by Gasteiger charge is 2.15. The molecule has 0 saturated carbocycles. The van der Waals surface area contributed by atoms with Gasteiger partial charge in [-0.15, -0.1) is 0 Å². The van der Waals surface area contributed by atoms with Crippen LogP contribution in [0.15, 0.2) is 0 Å². The standard InChI is InChI=1S/C12H22O6/c1-12(2,3)18-11(14)9-17-8-7-16-6-5-10(13)15-4/h5-9H2,1-4H3. The van der Waals surface area contributed by atoms with Crippen molar-refractivity contribution in [1.82, 2.24) is 0 Å². The van der Waals surface area contributed by atoms with Gasteiger partial charge in [-0.1, -0.05) is 0 Å². The van der Waals surface area contributed by atoms with Gasteiger partial charge in [-0.25, -0.2) is 4.79 Å². The normalized spacial score (nSPS) is 11.1. The van der Waals surface area contributed by atoms with E-state index in [4.69, 9.17) is 14.2 Å². The number of hydrogen-bond acceptors (Lipinski definition) is 6. The quantitative estimate of drug-likeness (QED) is 0.478. The lowest BCUT2D eigenvalue weighted by Crippen LogP contribution is -2.27. The first kappa shape index (κ1) is 16.9. The van der Waals surface area contributed by atoms with Crippen LogP contribution < -0.4 is 0 Å². The summed E-state index contributed by atoms with van der Waals surface area (Å²) in [5, 5.41) is 0. The molecule has 0 saturated heterocycles. The molecule has 0 amide bonds. The molecule has 18 heavy (non-hydrogen) atoms. The Bertz CT molecular complexity index is 256. The minimum absolute atomic E-state index is 0.0996. The molecule has 0 aromatic heterocycles. The van der Waals surface area contributed by atoms with Crippen molar-refractivity contribution in [2.75, 3.05) is 33.5 Å². The third kappa shape index (κ3) is 11.3. The van der Waals surface area contributed by atoms with Gasteiger partial charge in [0.1, 0.15) is 12.2 Å². The molecule has 0 spiro atoms. The van der Waals surface area contributed by atoms with Gasteiger partial charge in [-0.2, -0.15) is 0 Å². The second kappa shape index (κ2) is 8.88. The van der Waals surface area contributed by atoms with Gasteiger partial charge in [0.2, 0.25) is 0 Å². The lowest BCUT2D eigenvalue weighted by Gasteiger charge is -2.19. The lowest BCUT2D eigenvalue weighted by atomic mass is 10.2. The van der Waals surface area contributed by atoms with Crippen molar-refractivity contribution in [1.29, 1.82) is 0 Å². The number of methoxy groups -OCH3 is 1. The van der Waals surface area contributed by atoms with E-state index in [-0.39, 0.29) is 32.2 Å². The predicted octanol–water partition coefficient (Wildman–Crippen LogP) is 0.924. The van der Waals surface area contributed by atoms with Crippen LogP contribution in [0.1, 0.15) is 27.2 Å². The molecule has 106 valence electrons. The van der Waals surface area contributed by atoms with Crippen molar-refractivity contribution in [2.24, 2.45) is 0 Å². The fourth-order valence-electron chi connectivity index (χ4n) is 1.00. The number of carbonyl (C=O) groups is 2. The first-order valence-electron chi connectivity index (χ1n) is 5.79. The summed E-state index contributed by atoms with van der Waals surface area (Å²) in [7, 11) is 1.33. The third-order valence-corrected chi connectivity index (χ3v) is 1.69. The summed E-state index contributed by atoms with van der Waals surface area (Å²) in [4.78, 5) is 22.0. The second-order valence-corrected chi connectivity index (χ2v) is 4.58. The molecule has 0 heterocycles. The minimum Gasteiger partial charge on any atom is -0.469 e. The van der Waals surface area contributed by atoms with Crippen molar-refractivity contribution in [3.05, 3.63) is 0 Å². The molecule has 0 atom stereocenters. The number of esters is 2. The van der Waals surface area contributed by atoms with Crippen LogP contribution in [-0.4, -0.2) is 51.1 Å². The molecule has 0 aliphatic rings. The second-order valence-electron chi connectivity index (χ2n) is 4.58. The van der Waals surface area contributed by atoms with E-state index in [2.05, 4.69) is 4.74 Å². The molecule has 0 unspecified atom stereocenters. The third-order valence-electron chi connectivity index (χ3n) is 1.69. The topological polar surface area (TPSA) is 71.1 Å². The molecule has 0 rings (SSSR count). The Morgan fingerprint density at radius 2 is 1.56 bits per heavy atom. The number of hydrogen-bond donors (Lipinski definition) is 0. The van der Waals surface area contributed by atoms with Gasteiger partial charge in [0.15, 0.2) is 0 Å². The van der Waals surface area contributed by atoms with Gasteiger partial charge in [-0.05, 0) is 20.8 Å². The summed E-state index contributed by atoms with van der Waals surface area (Å²) < 4.78 is 19.7. The van der Waals surface area contributed by atoms with Crippen LogP contribution in [0.5, 0.6) is 0 Å². The highest BCUT2D eigenvalue weighted by atomic mass is 16.6. The first-order chi connectivity index (χ1) is 8.35. The highest BCUT2D eigenvalue weighted by Crippen LogP contribution is 2.06. The van der Waals surface area contributed by atoms with Crippen LogP contribution in [0.25, 0.3) is 0 Å². The minimum atomic E-state index is -0.503. The van der Waals surface area contributed by atoms with Crippen LogP contribution >= 0.6 is 0 Å². The van der Waals surface area contributed by atoms with E-state index >= 15 is 0 Å². The monoisotopic (exact) mass is 262 g/mol. The van der Waals surface area contributed by atoms with Gasteiger partial charge in [-0.3, -0.25) is 4.79 Å². The summed E-state index contributed by atoms with van der Waals surface area (Å²) in [5.74, 6) is -0.721. The maximum Gasteiger partial charge on any atom is 0.332 e. The first-order valence-corrected chi connectivity index (χ1v) is 5.79. The van der Waals surface area contributed by atoms with Crippen LogP contribution in [0, 0.1) is 0 Å². The smallest absolute Gasteiger partial charge is 0.332 e. The Hall–Kier alpha value is -1.14. The predicted molar refractivity (Wildman–Crippen MR) is 64.1 cm³/mol. The molecule has 0 aromatic carbocycles. The van der Waals surface area contributed by atoms with Crippen LogP contribution in [0.3, 0.4) is 0 Å². The maximum atomic E-state index is 11.2. The summed E-state index contributed by atoms with van der Waals surface area (Å²) in [5.41, 5.74) is -0.503. The number of ether oxygens (including phenoxy) is 4. The summed E-state index contributed by atoms with van der Waals surface area (Å²) in [6.07, 6.45) is 0.211. The Kier molecular flexibility index (Phi) is 8.32. The molecule has 0 bridgehead atoms. The number of carbonyl (C=O) groups excluding carboxylic acids is 2. The van der Waals surface area contributed by atoms with E-state index < -0.39 is 11.6 Å². The van der Waals surface area contributed by atoms with Crippen molar-refractivity contribution < 1.29 is 28.5 Å². The van der Waals surface area contributed by atoms with Gasteiger partial charge in [0, 0.05) is 0 Å². The Labute approximate surface area is 108 Å². The zero-order valence-corrected chi connectivity index (χ0v) is 11.5. The van der Waals surface area contributed by atoms with E-state index in [1.807, 2.05) is 0 Å². The summed E-state index contributed by atoms with van der Waals surface area (Å²) in [6, 6.07) is 0. The lowest BCUT2D eigenvalue weighted by molar-refractivity contribution is -0.160. The highest BCUT2D eigenvalue weighted by molar-refractivity contribution is 5.71. The zero-order valence-electron chi connectivity index (χ0n) is 11.5. The zero-order chi connectivity index (χ0) is 14.0. The Morgan fingerprint density at radius 3 is 2.11 bits per heavy atom. The van der Waals surface area contributed by atoms with E-state index in [1.54, 1.807) is 20.8 Å². The molecular weight excluding hydrogens is 240 g/mol. The Morgan fingerprint density at radius 1 is 0.944 bits per heavy atom. The SMILES string of the molecule is COC(=O)CCOCCOCC(=O)OC(C)(C)C. The fourth-order valence-corrected chi connectivity index (χ4v) is 1.00. The molecule has 0 aromatic rings. The molecule has 0 fully saturated rings. The van der Waals surface area contributed by atoms with Crippen LogP contribution in [0.2, 0.25) is 0 Å². The van der Waals surface area contributed by atoms with E-state index in [9.17, 15) is 9.59 Å². The van der Waals surface area contributed by atoms with E-state index in [1.165, 1.54) is 7.11 Å². The van der Waals surface area contributed by atoms with Crippen molar-refractivity contribution >= 4 is 11.9 Å². The van der Waals surface area contributed by atoms with Crippen molar-refractivity contribution in [3.63, 3.8) is 0 Å². The average Bonchev–Trinajstić information content (AvgIpc) is 2.25. The van der Waals surface area contributed by atoms with Crippen LogP contribution in [-0.2, 0) is 28.5 Å². The Balaban J connectivity index is 3.35. The molecule has 0 N–H and O–H groups in total. The molecule has 0 radical (unpaired) electrons. The van der Waals surface area contributed by atoms with Gasteiger partial charge in [0.25, 0.3) is 0 Å². The summed E-state index contributed by atoms with van der Waals surface area (Å²) in [6.45, 7) is 6.16. The van der Waals surface area contributed by atoms with E-state index in [0.29, 0.717) is 6.61 Å². The molecule has 6 nitrogen and oxygen atoms in total. The van der Waals surface area contributed by atoms with Crippen molar-refractivity contribution in [2.45, 2.75) is 32.8 Å². The van der Waals surface area contributed by atoms with Gasteiger partial charge in [0.05, 0.1) is 33.4 Å². The molecular formula is C12H22O6. The number of rotatable bonds is 8.